The fourth-order valence-electron chi connectivity index (χ4n) is 3.75. The molecule has 3 aromatic rings. The van der Waals surface area contributed by atoms with Crippen molar-refractivity contribution in [3.63, 3.8) is 0 Å². The minimum absolute atomic E-state index is 0.0892. The lowest BCUT2D eigenvalue weighted by Gasteiger charge is -2.17. The van der Waals surface area contributed by atoms with Crippen LogP contribution in [-0.2, 0) is 16.1 Å². The normalized spacial score (nSPS) is 16.2. The number of hydrogen-bond acceptors (Lipinski definition) is 6. The minimum Gasteiger partial charge on any atom is -0.493 e. The summed E-state index contributed by atoms with van der Waals surface area (Å²) in [4.78, 5) is 31.2. The molecule has 4 rings (SSSR count). The highest BCUT2D eigenvalue weighted by molar-refractivity contribution is 6.01. The van der Waals surface area contributed by atoms with E-state index in [9.17, 15) is 9.59 Å². The molecule has 8 nitrogen and oxygen atoms in total. The van der Waals surface area contributed by atoms with Gasteiger partial charge < -0.3 is 24.1 Å². The molecule has 1 N–H and O–H groups in total. The predicted molar refractivity (Wildman–Crippen MR) is 111 cm³/mol. The number of aryl methyl sites for hydroxylation is 1. The van der Waals surface area contributed by atoms with Crippen LogP contribution in [0.2, 0.25) is 0 Å². The van der Waals surface area contributed by atoms with Gasteiger partial charge in [0.25, 0.3) is 0 Å². The number of nitrogens with one attached hydrogen (secondary N) is 1. The Balaban J connectivity index is 1.44. The summed E-state index contributed by atoms with van der Waals surface area (Å²) in [6.07, 6.45) is 0.164. The Kier molecular flexibility index (Phi) is 5.31. The molecule has 0 bridgehead atoms. The molecule has 156 valence electrons. The van der Waals surface area contributed by atoms with Crippen molar-refractivity contribution in [2.24, 2.45) is 5.92 Å². The van der Waals surface area contributed by atoms with E-state index in [1.54, 1.807) is 38.2 Å². The quantitative estimate of drug-likeness (QED) is 0.673. The number of oxazole rings is 1. The third-order valence-corrected chi connectivity index (χ3v) is 5.22. The van der Waals surface area contributed by atoms with Crippen molar-refractivity contribution in [1.82, 2.24) is 10.3 Å². The SMILES string of the molecule is COc1cccc(CNC(=O)[C@H]2CC(=O)N(c3ccc4oc(C)nc4c3)C2)c1OC. The van der Waals surface area contributed by atoms with Gasteiger partial charge in [0.1, 0.15) is 5.52 Å². The third kappa shape index (κ3) is 3.68. The zero-order valence-electron chi connectivity index (χ0n) is 17.1. The van der Waals surface area contributed by atoms with Gasteiger partial charge in [0.2, 0.25) is 11.8 Å². The fourth-order valence-corrected chi connectivity index (χ4v) is 3.75. The van der Waals surface area contributed by atoms with Crippen molar-refractivity contribution in [3.05, 3.63) is 47.9 Å². The van der Waals surface area contributed by atoms with Crippen molar-refractivity contribution in [2.45, 2.75) is 19.9 Å². The third-order valence-electron chi connectivity index (χ3n) is 5.22. The first-order valence-electron chi connectivity index (χ1n) is 9.65. The average Bonchev–Trinajstić information content (AvgIpc) is 3.32. The number of aromatic nitrogens is 1. The number of ether oxygens (including phenoxy) is 2. The van der Waals surface area contributed by atoms with Crippen LogP contribution in [0.5, 0.6) is 11.5 Å². The van der Waals surface area contributed by atoms with Gasteiger partial charge in [-0.15, -0.1) is 0 Å². The second-order valence-corrected chi connectivity index (χ2v) is 7.16. The number of methoxy groups -OCH3 is 2. The number of fused-ring (bicyclic) bond motifs is 1. The molecule has 0 aliphatic carbocycles. The summed E-state index contributed by atoms with van der Waals surface area (Å²) in [6.45, 7) is 2.38. The van der Waals surface area contributed by atoms with Gasteiger partial charge in [-0.2, -0.15) is 0 Å². The molecule has 1 fully saturated rings. The Labute approximate surface area is 173 Å². The molecule has 2 heterocycles. The van der Waals surface area contributed by atoms with Crippen LogP contribution in [0, 0.1) is 12.8 Å². The number of carbonyl (C=O) groups excluding carboxylic acids is 2. The number of benzene rings is 2. The van der Waals surface area contributed by atoms with Crippen LogP contribution < -0.4 is 19.7 Å². The number of carbonyl (C=O) groups is 2. The highest BCUT2D eigenvalue weighted by Crippen LogP contribution is 2.31. The van der Waals surface area contributed by atoms with E-state index in [0.29, 0.717) is 40.7 Å². The van der Waals surface area contributed by atoms with Gasteiger partial charge >= 0.3 is 0 Å². The minimum atomic E-state index is -0.427. The van der Waals surface area contributed by atoms with E-state index in [2.05, 4.69) is 10.3 Å². The van der Waals surface area contributed by atoms with E-state index in [1.165, 1.54) is 0 Å². The van der Waals surface area contributed by atoms with E-state index >= 15 is 0 Å². The van der Waals surface area contributed by atoms with Gasteiger partial charge in [0.05, 0.1) is 20.1 Å². The Bertz CT molecular complexity index is 1110. The maximum Gasteiger partial charge on any atom is 0.227 e. The average molecular weight is 409 g/mol. The van der Waals surface area contributed by atoms with Crippen LogP contribution in [0.3, 0.4) is 0 Å². The van der Waals surface area contributed by atoms with E-state index in [1.807, 2.05) is 24.3 Å². The number of hydrogen-bond donors (Lipinski definition) is 1. The van der Waals surface area contributed by atoms with Gasteiger partial charge in [0, 0.05) is 37.7 Å². The van der Waals surface area contributed by atoms with E-state index in [-0.39, 0.29) is 24.8 Å². The summed E-state index contributed by atoms with van der Waals surface area (Å²) in [5, 5.41) is 2.91. The van der Waals surface area contributed by atoms with Gasteiger partial charge in [-0.25, -0.2) is 4.98 Å². The topological polar surface area (TPSA) is 93.9 Å². The van der Waals surface area contributed by atoms with Gasteiger partial charge in [-0.3, -0.25) is 9.59 Å². The number of nitrogens with zero attached hydrogens (tertiary/aromatic N) is 2. The van der Waals surface area contributed by atoms with Crippen LogP contribution in [0.25, 0.3) is 11.1 Å². The van der Waals surface area contributed by atoms with Crippen LogP contribution >= 0.6 is 0 Å². The van der Waals surface area contributed by atoms with Crippen molar-refractivity contribution in [1.29, 1.82) is 0 Å². The van der Waals surface area contributed by atoms with Crippen molar-refractivity contribution >= 4 is 28.6 Å². The molecule has 8 heteroatoms. The zero-order valence-corrected chi connectivity index (χ0v) is 17.1. The molecule has 30 heavy (non-hydrogen) atoms. The van der Waals surface area contributed by atoms with E-state index < -0.39 is 5.92 Å². The van der Waals surface area contributed by atoms with Crippen LogP contribution in [0.4, 0.5) is 5.69 Å². The molecule has 1 atom stereocenters. The molecule has 0 saturated carbocycles. The molecule has 2 aromatic carbocycles. The second-order valence-electron chi connectivity index (χ2n) is 7.16. The Morgan fingerprint density at radius 1 is 1.27 bits per heavy atom. The van der Waals surface area contributed by atoms with Gasteiger partial charge in [-0.1, -0.05) is 12.1 Å². The maximum atomic E-state index is 12.7. The maximum absolute atomic E-state index is 12.7. The molecular weight excluding hydrogens is 386 g/mol. The molecular formula is C22H23N3O5. The number of amides is 2. The number of para-hydroxylation sites is 1. The predicted octanol–water partition coefficient (Wildman–Crippen LogP) is 2.82. The van der Waals surface area contributed by atoms with Crippen molar-refractivity contribution < 1.29 is 23.5 Å². The smallest absolute Gasteiger partial charge is 0.227 e. The van der Waals surface area contributed by atoms with Gasteiger partial charge in [0.15, 0.2) is 23.0 Å². The molecule has 1 saturated heterocycles. The van der Waals surface area contributed by atoms with E-state index in [4.69, 9.17) is 13.9 Å². The molecule has 2 amide bonds. The van der Waals surface area contributed by atoms with E-state index in [0.717, 1.165) is 5.56 Å². The molecule has 1 aromatic heterocycles. The lowest BCUT2D eigenvalue weighted by atomic mass is 10.1. The molecule has 0 spiro atoms. The second kappa shape index (κ2) is 8.06. The highest BCUT2D eigenvalue weighted by Gasteiger charge is 2.35. The first-order valence-corrected chi connectivity index (χ1v) is 9.65. The van der Waals surface area contributed by atoms with Crippen LogP contribution in [0.1, 0.15) is 17.9 Å². The fraction of sp³-hybridized carbons (Fsp3) is 0.318. The molecule has 0 radical (unpaired) electrons. The summed E-state index contributed by atoms with van der Waals surface area (Å²) in [5.41, 5.74) is 2.88. The molecule has 1 aliphatic heterocycles. The Morgan fingerprint density at radius 3 is 2.87 bits per heavy atom. The summed E-state index contributed by atoms with van der Waals surface area (Å²) in [7, 11) is 3.13. The molecule has 0 unspecified atom stereocenters. The first-order chi connectivity index (χ1) is 14.5. The van der Waals surface area contributed by atoms with Crippen LogP contribution in [0.15, 0.2) is 40.8 Å². The summed E-state index contributed by atoms with van der Waals surface area (Å²) in [5.74, 6) is 1.07. The van der Waals surface area contributed by atoms with Crippen molar-refractivity contribution in [3.8, 4) is 11.5 Å². The van der Waals surface area contributed by atoms with Crippen molar-refractivity contribution in [2.75, 3.05) is 25.7 Å². The lowest BCUT2D eigenvalue weighted by molar-refractivity contribution is -0.126. The summed E-state index contributed by atoms with van der Waals surface area (Å²) < 4.78 is 16.2. The number of rotatable bonds is 6. The molecule has 1 aliphatic rings. The monoisotopic (exact) mass is 409 g/mol. The van der Waals surface area contributed by atoms with Crippen LogP contribution in [-0.4, -0.2) is 37.6 Å². The summed E-state index contributed by atoms with van der Waals surface area (Å²) in [6, 6.07) is 10.9. The Hall–Kier alpha value is -3.55. The lowest BCUT2D eigenvalue weighted by Crippen LogP contribution is -2.32. The highest BCUT2D eigenvalue weighted by atomic mass is 16.5. The zero-order chi connectivity index (χ0) is 21.3. The summed E-state index contributed by atoms with van der Waals surface area (Å²) >= 11 is 0. The van der Waals surface area contributed by atoms with Gasteiger partial charge in [-0.05, 0) is 24.3 Å². The number of anilines is 1. The largest absolute Gasteiger partial charge is 0.493 e. The first kappa shape index (κ1) is 19.8. The standard InChI is InChI=1S/C22H23N3O5/c1-13-24-17-10-16(7-8-18(17)30-13)25-12-15(9-20(25)26)22(27)23-11-14-5-4-6-19(28-2)21(14)29-3/h4-8,10,15H,9,11-12H2,1-3H3,(H,23,27)/t15-/m0/s1. The Morgan fingerprint density at radius 2 is 2.10 bits per heavy atom.